The maximum absolute atomic E-state index is 12.6. The molecular weight excluding hydrogens is 448 g/mol. The summed E-state index contributed by atoms with van der Waals surface area (Å²) in [7, 11) is 0. The molecule has 7 nitrogen and oxygen atoms in total. The molecule has 10 heteroatoms. The molecule has 0 unspecified atom stereocenters. The molecule has 2 heterocycles. The van der Waals surface area contributed by atoms with Gasteiger partial charge in [0.05, 0.1) is 17.1 Å². The molecule has 0 aliphatic heterocycles. The zero-order valence-electron chi connectivity index (χ0n) is 17.5. The average Bonchev–Trinajstić information content (AvgIpc) is 3.23. The van der Waals surface area contributed by atoms with E-state index in [1.165, 1.54) is 23.9 Å². The lowest BCUT2D eigenvalue weighted by Crippen LogP contribution is -2.16. The van der Waals surface area contributed by atoms with Crippen LogP contribution in [0.15, 0.2) is 78.2 Å². The van der Waals surface area contributed by atoms with Crippen LogP contribution in [0.3, 0.4) is 0 Å². The number of alkyl halides is 2. The number of nitrogens with one attached hydrogen (secondary N) is 1. The first-order valence-electron chi connectivity index (χ1n) is 9.91. The van der Waals surface area contributed by atoms with Crippen LogP contribution < -0.4 is 10.1 Å². The smallest absolute Gasteiger partial charge is 0.387 e. The number of anilines is 1. The molecule has 0 spiro atoms. The topological polar surface area (TPSA) is 81.9 Å². The summed E-state index contributed by atoms with van der Waals surface area (Å²) in [6.45, 7) is -1.01. The van der Waals surface area contributed by atoms with E-state index in [1.54, 1.807) is 24.5 Å². The molecule has 0 aliphatic rings. The van der Waals surface area contributed by atoms with E-state index in [-0.39, 0.29) is 17.2 Å². The minimum absolute atomic E-state index is 0.0105. The van der Waals surface area contributed by atoms with Crippen LogP contribution in [0.4, 0.5) is 14.5 Å². The van der Waals surface area contributed by atoms with Gasteiger partial charge in [-0.2, -0.15) is 8.78 Å². The quantitative estimate of drug-likeness (QED) is 0.369. The summed E-state index contributed by atoms with van der Waals surface area (Å²) in [5.41, 5.74) is 2.89. The summed E-state index contributed by atoms with van der Waals surface area (Å²) in [4.78, 5) is 16.6. The zero-order chi connectivity index (χ0) is 23.2. The van der Waals surface area contributed by atoms with Crippen molar-refractivity contribution >= 4 is 23.4 Å². The highest BCUT2D eigenvalue weighted by Gasteiger charge is 2.19. The van der Waals surface area contributed by atoms with E-state index in [0.29, 0.717) is 11.0 Å². The molecule has 2 aromatic carbocycles. The maximum atomic E-state index is 12.6. The van der Waals surface area contributed by atoms with Crippen molar-refractivity contribution < 1.29 is 18.3 Å². The largest absolute Gasteiger partial charge is 0.433 e. The lowest BCUT2D eigenvalue weighted by molar-refractivity contribution is -0.113. The molecule has 4 rings (SSSR count). The normalized spacial score (nSPS) is 10.9. The molecule has 4 aromatic rings. The molecule has 0 atom stereocenters. The SMILES string of the molecule is Cc1ccccc1-n1c(SCC(=O)Nc2ccccc2OC(F)F)nnc1-c1ccncc1. The highest BCUT2D eigenvalue weighted by molar-refractivity contribution is 7.99. The first-order valence-corrected chi connectivity index (χ1v) is 10.9. The number of benzene rings is 2. The number of amides is 1. The van der Waals surface area contributed by atoms with E-state index in [2.05, 4.69) is 25.2 Å². The number of para-hydroxylation sites is 3. The predicted octanol–water partition coefficient (Wildman–Crippen LogP) is 4.97. The Morgan fingerprint density at radius 3 is 2.55 bits per heavy atom. The van der Waals surface area contributed by atoms with Gasteiger partial charge in [-0.15, -0.1) is 10.2 Å². The first-order chi connectivity index (χ1) is 16.0. The van der Waals surface area contributed by atoms with Crippen LogP contribution in [0, 0.1) is 6.92 Å². The Bertz CT molecular complexity index is 1250. The lowest BCUT2D eigenvalue weighted by Gasteiger charge is -2.13. The minimum Gasteiger partial charge on any atom is -0.433 e. The molecule has 168 valence electrons. The van der Waals surface area contributed by atoms with E-state index in [4.69, 9.17) is 0 Å². The van der Waals surface area contributed by atoms with Gasteiger partial charge < -0.3 is 10.1 Å². The van der Waals surface area contributed by atoms with Crippen molar-refractivity contribution in [3.63, 3.8) is 0 Å². The van der Waals surface area contributed by atoms with Crippen molar-refractivity contribution in [3.8, 4) is 22.8 Å². The lowest BCUT2D eigenvalue weighted by atomic mass is 10.2. The summed E-state index contributed by atoms with van der Waals surface area (Å²) in [6.07, 6.45) is 3.34. The van der Waals surface area contributed by atoms with Crippen molar-refractivity contribution in [2.75, 3.05) is 11.1 Å². The fraction of sp³-hybridized carbons (Fsp3) is 0.130. The predicted molar refractivity (Wildman–Crippen MR) is 122 cm³/mol. The molecule has 0 fully saturated rings. The molecule has 33 heavy (non-hydrogen) atoms. The van der Waals surface area contributed by atoms with Crippen LogP contribution in [-0.2, 0) is 4.79 Å². The van der Waals surface area contributed by atoms with Gasteiger partial charge in [0.15, 0.2) is 11.0 Å². The molecule has 1 N–H and O–H groups in total. The third kappa shape index (κ3) is 5.35. The number of aryl methyl sites for hydroxylation is 1. The summed E-state index contributed by atoms with van der Waals surface area (Å²) in [6, 6.07) is 17.5. The highest BCUT2D eigenvalue weighted by Crippen LogP contribution is 2.30. The number of halogens is 2. The number of thioether (sulfide) groups is 1. The maximum Gasteiger partial charge on any atom is 0.387 e. The highest BCUT2D eigenvalue weighted by atomic mass is 32.2. The van der Waals surface area contributed by atoms with E-state index in [9.17, 15) is 13.6 Å². The Labute approximate surface area is 192 Å². The second-order valence-electron chi connectivity index (χ2n) is 6.88. The number of carbonyl (C=O) groups excluding carboxylic acids is 1. The Morgan fingerprint density at radius 1 is 1.06 bits per heavy atom. The standard InChI is InChI=1S/C23H19F2N5O2S/c1-15-6-2-4-8-18(15)30-21(16-10-12-26-13-11-16)28-29-23(30)33-14-20(31)27-17-7-3-5-9-19(17)32-22(24)25/h2-13,22H,14H2,1H3,(H,27,31). The van der Waals surface area contributed by atoms with Crippen LogP contribution in [-0.4, -0.2) is 38.0 Å². The van der Waals surface area contributed by atoms with Crippen molar-refractivity contribution in [2.45, 2.75) is 18.7 Å². The second kappa shape index (κ2) is 10.2. The summed E-state index contributed by atoms with van der Waals surface area (Å²) < 4.78 is 31.6. The van der Waals surface area contributed by atoms with E-state index >= 15 is 0 Å². The number of aromatic nitrogens is 4. The van der Waals surface area contributed by atoms with Gasteiger partial charge in [0.2, 0.25) is 5.91 Å². The fourth-order valence-corrected chi connectivity index (χ4v) is 3.91. The molecule has 0 saturated carbocycles. The number of nitrogens with zero attached hydrogens (tertiary/aromatic N) is 4. The van der Waals surface area contributed by atoms with Crippen molar-refractivity contribution in [3.05, 3.63) is 78.6 Å². The van der Waals surface area contributed by atoms with E-state index in [1.807, 2.05) is 47.9 Å². The number of pyridine rings is 1. The minimum atomic E-state index is -2.99. The van der Waals surface area contributed by atoms with Gasteiger partial charge in [0.25, 0.3) is 0 Å². The Hall–Kier alpha value is -3.79. The number of hydrogen-bond donors (Lipinski definition) is 1. The van der Waals surface area contributed by atoms with Crippen molar-refractivity contribution in [2.24, 2.45) is 0 Å². The number of rotatable bonds is 8. The Kier molecular flexibility index (Phi) is 6.94. The zero-order valence-corrected chi connectivity index (χ0v) is 18.3. The third-order valence-corrected chi connectivity index (χ3v) is 5.57. The molecule has 2 aromatic heterocycles. The molecule has 0 aliphatic carbocycles. The third-order valence-electron chi connectivity index (χ3n) is 4.64. The molecular formula is C23H19F2N5O2S. The van der Waals surface area contributed by atoms with Crippen molar-refractivity contribution in [1.29, 1.82) is 0 Å². The number of hydrogen-bond acceptors (Lipinski definition) is 6. The van der Waals surface area contributed by atoms with Crippen LogP contribution in [0.1, 0.15) is 5.56 Å². The van der Waals surface area contributed by atoms with E-state index in [0.717, 1.165) is 16.8 Å². The molecule has 0 radical (unpaired) electrons. The Balaban J connectivity index is 1.58. The van der Waals surface area contributed by atoms with Gasteiger partial charge in [-0.3, -0.25) is 14.3 Å². The van der Waals surface area contributed by atoms with Gasteiger partial charge in [0, 0.05) is 18.0 Å². The number of carbonyl (C=O) groups is 1. The summed E-state index contributed by atoms with van der Waals surface area (Å²) in [5, 5.41) is 11.8. The average molecular weight is 468 g/mol. The van der Waals surface area contributed by atoms with Gasteiger partial charge in [-0.25, -0.2) is 0 Å². The first kappa shape index (κ1) is 22.4. The van der Waals surface area contributed by atoms with Gasteiger partial charge >= 0.3 is 6.61 Å². The Morgan fingerprint density at radius 2 is 1.79 bits per heavy atom. The summed E-state index contributed by atoms with van der Waals surface area (Å²) in [5.74, 6) is 0.109. The fourth-order valence-electron chi connectivity index (χ4n) is 3.17. The monoisotopic (exact) mass is 467 g/mol. The van der Waals surface area contributed by atoms with Gasteiger partial charge in [-0.1, -0.05) is 42.1 Å². The summed E-state index contributed by atoms with van der Waals surface area (Å²) >= 11 is 1.19. The molecule has 0 bridgehead atoms. The van der Waals surface area contributed by atoms with Gasteiger partial charge in [-0.05, 0) is 42.8 Å². The van der Waals surface area contributed by atoms with Crippen LogP contribution in [0.25, 0.3) is 17.1 Å². The van der Waals surface area contributed by atoms with Crippen LogP contribution >= 0.6 is 11.8 Å². The molecule has 0 saturated heterocycles. The van der Waals surface area contributed by atoms with Gasteiger partial charge in [0.1, 0.15) is 5.75 Å². The van der Waals surface area contributed by atoms with E-state index < -0.39 is 12.5 Å². The van der Waals surface area contributed by atoms with Crippen molar-refractivity contribution in [1.82, 2.24) is 19.7 Å². The molecule has 1 amide bonds. The van der Waals surface area contributed by atoms with Crippen LogP contribution in [0.5, 0.6) is 5.75 Å². The second-order valence-corrected chi connectivity index (χ2v) is 7.82. The van der Waals surface area contributed by atoms with Crippen LogP contribution in [0.2, 0.25) is 0 Å². The number of ether oxygens (including phenoxy) is 1.